The summed E-state index contributed by atoms with van der Waals surface area (Å²) >= 11 is 0. The smallest absolute Gasteiger partial charge is 0.270 e. The van der Waals surface area contributed by atoms with Gasteiger partial charge in [0.1, 0.15) is 5.75 Å². The molecule has 0 fully saturated rings. The Morgan fingerprint density at radius 3 is 2.71 bits per heavy atom. The number of benzene rings is 2. The summed E-state index contributed by atoms with van der Waals surface area (Å²) < 4.78 is 6.70. The lowest BCUT2D eigenvalue weighted by Gasteiger charge is -2.46. The van der Waals surface area contributed by atoms with Crippen LogP contribution in [0, 0.1) is 16.0 Å². The molecule has 2 aliphatic rings. The van der Waals surface area contributed by atoms with Crippen LogP contribution in [0.1, 0.15) is 51.2 Å². The zero-order valence-corrected chi connectivity index (χ0v) is 16.8. The van der Waals surface area contributed by atoms with Crippen molar-refractivity contribution < 1.29 is 9.66 Å². The van der Waals surface area contributed by atoms with Crippen LogP contribution >= 0.6 is 0 Å². The zero-order chi connectivity index (χ0) is 20.1. The molecule has 4 rings (SSSR count). The summed E-state index contributed by atoms with van der Waals surface area (Å²) in [5.74, 6) is 1.43. The van der Waals surface area contributed by atoms with Gasteiger partial charge in [-0.25, -0.2) is 0 Å². The van der Waals surface area contributed by atoms with E-state index in [1.54, 1.807) is 12.1 Å². The summed E-state index contributed by atoms with van der Waals surface area (Å²) in [6, 6.07) is 13.3. The predicted molar refractivity (Wildman–Crippen MR) is 112 cm³/mol. The van der Waals surface area contributed by atoms with Gasteiger partial charge in [0.15, 0.2) is 0 Å². The van der Waals surface area contributed by atoms with Gasteiger partial charge in [0.25, 0.3) is 5.69 Å². The monoisotopic (exact) mass is 378 g/mol. The van der Waals surface area contributed by atoms with E-state index in [4.69, 9.17) is 4.74 Å². The number of fused-ring (bicyclic) bond motifs is 2. The van der Waals surface area contributed by atoms with Gasteiger partial charge >= 0.3 is 0 Å². The third-order valence-electron chi connectivity index (χ3n) is 6.02. The number of non-ortho nitro benzene ring substituents is 1. The van der Waals surface area contributed by atoms with Gasteiger partial charge in [-0.15, -0.1) is 0 Å². The molecule has 0 N–H and O–H groups in total. The number of nitrogens with zero attached hydrogens (tertiary/aromatic N) is 2. The lowest BCUT2D eigenvalue weighted by molar-refractivity contribution is -0.384. The number of anilines is 1. The van der Waals surface area contributed by atoms with Crippen LogP contribution in [0.15, 0.2) is 48.0 Å². The standard InChI is InChI=1S/C23H26N2O3/c1-15(2)11-12-24-21-8-6-5-7-20(21)17(4)23(24)16(3)13-18-14-19(25(26)27)9-10-22(18)28-23/h5-10,13-15,17H,11-12H2,1-4H3. The molecule has 2 aromatic rings. The Kier molecular flexibility index (Phi) is 4.41. The van der Waals surface area contributed by atoms with Gasteiger partial charge in [0, 0.05) is 35.8 Å². The summed E-state index contributed by atoms with van der Waals surface area (Å²) in [6.45, 7) is 9.65. The first-order chi connectivity index (χ1) is 13.3. The molecular weight excluding hydrogens is 352 g/mol. The van der Waals surface area contributed by atoms with Gasteiger partial charge in [-0.3, -0.25) is 10.1 Å². The van der Waals surface area contributed by atoms with Crippen molar-refractivity contribution in [1.82, 2.24) is 0 Å². The molecule has 0 aromatic heterocycles. The highest BCUT2D eigenvalue weighted by molar-refractivity contribution is 5.73. The second kappa shape index (κ2) is 6.66. The SMILES string of the molecule is CC1=Cc2cc([N+](=O)[O-])ccc2OC12C(C)c1ccccc1N2CCC(C)C. The van der Waals surface area contributed by atoms with Crippen molar-refractivity contribution in [3.8, 4) is 5.75 Å². The molecule has 0 bridgehead atoms. The maximum absolute atomic E-state index is 11.2. The zero-order valence-electron chi connectivity index (χ0n) is 16.8. The molecule has 0 saturated heterocycles. The molecule has 2 aliphatic heterocycles. The summed E-state index contributed by atoms with van der Waals surface area (Å²) in [5.41, 5.74) is 3.83. The van der Waals surface area contributed by atoms with Gasteiger partial charge in [-0.05, 0) is 48.6 Å². The van der Waals surface area contributed by atoms with E-state index in [0.29, 0.717) is 11.7 Å². The van der Waals surface area contributed by atoms with Crippen LogP contribution in [0.2, 0.25) is 0 Å². The quantitative estimate of drug-likeness (QED) is 0.501. The van der Waals surface area contributed by atoms with Crippen molar-refractivity contribution in [1.29, 1.82) is 0 Å². The van der Waals surface area contributed by atoms with Crippen LogP contribution < -0.4 is 9.64 Å². The molecule has 146 valence electrons. The van der Waals surface area contributed by atoms with E-state index in [0.717, 1.165) is 24.1 Å². The van der Waals surface area contributed by atoms with Crippen molar-refractivity contribution in [2.45, 2.75) is 45.8 Å². The molecule has 5 nitrogen and oxygen atoms in total. The molecule has 2 unspecified atom stereocenters. The predicted octanol–water partition coefficient (Wildman–Crippen LogP) is 5.76. The second-order valence-corrected chi connectivity index (χ2v) is 8.22. The van der Waals surface area contributed by atoms with Gasteiger partial charge in [-0.2, -0.15) is 0 Å². The first-order valence-electron chi connectivity index (χ1n) is 9.87. The highest BCUT2D eigenvalue weighted by Crippen LogP contribution is 2.54. The molecule has 1 spiro atoms. The number of para-hydroxylation sites is 1. The molecule has 5 heteroatoms. The fourth-order valence-corrected chi connectivity index (χ4v) is 4.53. The number of nitro benzene ring substituents is 1. The van der Waals surface area contributed by atoms with E-state index in [1.165, 1.54) is 17.3 Å². The fraction of sp³-hybridized carbons (Fsp3) is 0.391. The molecule has 0 aliphatic carbocycles. The van der Waals surface area contributed by atoms with E-state index in [9.17, 15) is 10.1 Å². The molecule has 28 heavy (non-hydrogen) atoms. The normalized spacial score (nSPS) is 22.7. The van der Waals surface area contributed by atoms with Crippen LogP contribution in [0.4, 0.5) is 11.4 Å². The summed E-state index contributed by atoms with van der Waals surface area (Å²) in [7, 11) is 0. The minimum atomic E-state index is -0.596. The second-order valence-electron chi connectivity index (χ2n) is 8.22. The molecule has 2 heterocycles. The number of hydrogen-bond donors (Lipinski definition) is 0. The Labute approximate surface area is 165 Å². The Morgan fingerprint density at radius 1 is 1.25 bits per heavy atom. The van der Waals surface area contributed by atoms with Crippen LogP contribution in [0.25, 0.3) is 6.08 Å². The lowest BCUT2D eigenvalue weighted by atomic mass is 9.85. The lowest BCUT2D eigenvalue weighted by Crippen LogP contribution is -2.55. The first-order valence-corrected chi connectivity index (χ1v) is 9.87. The molecule has 2 atom stereocenters. The average Bonchev–Trinajstić information content (AvgIpc) is 2.90. The highest BCUT2D eigenvalue weighted by Gasteiger charge is 2.54. The molecular formula is C23H26N2O3. The highest BCUT2D eigenvalue weighted by atomic mass is 16.6. The Hall–Kier alpha value is -2.82. The van der Waals surface area contributed by atoms with E-state index in [1.807, 2.05) is 0 Å². The molecule has 0 amide bonds. The minimum Gasteiger partial charge on any atom is -0.463 e. The maximum Gasteiger partial charge on any atom is 0.270 e. The van der Waals surface area contributed by atoms with Gasteiger partial charge in [0.05, 0.1) is 4.92 Å². The van der Waals surface area contributed by atoms with Crippen molar-refractivity contribution in [2.24, 2.45) is 5.92 Å². The van der Waals surface area contributed by atoms with Crippen LogP contribution in [0.3, 0.4) is 0 Å². The Morgan fingerprint density at radius 2 is 2.00 bits per heavy atom. The van der Waals surface area contributed by atoms with Gasteiger partial charge < -0.3 is 9.64 Å². The molecule has 2 aromatic carbocycles. The van der Waals surface area contributed by atoms with Crippen molar-refractivity contribution >= 4 is 17.5 Å². The summed E-state index contributed by atoms with van der Waals surface area (Å²) in [4.78, 5) is 13.2. The van der Waals surface area contributed by atoms with E-state index in [-0.39, 0.29) is 16.5 Å². The van der Waals surface area contributed by atoms with Crippen molar-refractivity contribution in [3.63, 3.8) is 0 Å². The maximum atomic E-state index is 11.2. The van der Waals surface area contributed by atoms with Crippen LogP contribution in [-0.2, 0) is 0 Å². The summed E-state index contributed by atoms with van der Waals surface area (Å²) in [6.07, 6.45) is 3.11. The third-order valence-corrected chi connectivity index (χ3v) is 6.02. The largest absolute Gasteiger partial charge is 0.463 e. The van der Waals surface area contributed by atoms with E-state index in [2.05, 4.69) is 62.9 Å². The van der Waals surface area contributed by atoms with Crippen molar-refractivity contribution in [2.75, 3.05) is 11.4 Å². The Bertz CT molecular complexity index is 966. The number of nitro groups is 1. The Balaban J connectivity index is 1.83. The van der Waals surface area contributed by atoms with Gasteiger partial charge in [-0.1, -0.05) is 39.0 Å². The number of hydrogen-bond acceptors (Lipinski definition) is 4. The topological polar surface area (TPSA) is 55.6 Å². The number of ether oxygens (including phenoxy) is 1. The minimum absolute atomic E-state index is 0.0850. The summed E-state index contributed by atoms with van der Waals surface area (Å²) in [5, 5.41) is 11.2. The molecule has 0 radical (unpaired) electrons. The molecule has 0 saturated carbocycles. The third kappa shape index (κ3) is 2.68. The van der Waals surface area contributed by atoms with Crippen molar-refractivity contribution in [3.05, 3.63) is 69.3 Å². The van der Waals surface area contributed by atoms with Gasteiger partial charge in [0.2, 0.25) is 5.72 Å². The van der Waals surface area contributed by atoms with Crippen LogP contribution in [-0.4, -0.2) is 17.2 Å². The fourth-order valence-electron chi connectivity index (χ4n) is 4.53. The van der Waals surface area contributed by atoms with Crippen LogP contribution in [0.5, 0.6) is 5.75 Å². The first kappa shape index (κ1) is 18.5. The number of rotatable bonds is 4. The average molecular weight is 378 g/mol. The van der Waals surface area contributed by atoms with E-state index < -0.39 is 5.72 Å². The van der Waals surface area contributed by atoms with E-state index >= 15 is 0 Å².